The Labute approximate surface area is 152 Å². The number of pyridine rings is 1. The second-order valence-corrected chi connectivity index (χ2v) is 6.97. The lowest BCUT2D eigenvalue weighted by Gasteiger charge is -2.27. The number of primary amides is 1. The number of rotatable bonds is 5. The zero-order valence-corrected chi connectivity index (χ0v) is 15.1. The molecule has 1 aliphatic rings. The van der Waals surface area contributed by atoms with Gasteiger partial charge in [0.2, 0.25) is 0 Å². The first-order valence-electron chi connectivity index (χ1n) is 8.74. The molecule has 2 aromatic rings. The summed E-state index contributed by atoms with van der Waals surface area (Å²) < 4.78 is 0. The quantitative estimate of drug-likeness (QED) is 0.749. The highest BCUT2D eigenvalue weighted by Gasteiger charge is 2.20. The molecule has 1 aliphatic heterocycles. The molecule has 1 fully saturated rings. The molecule has 0 bridgehead atoms. The first kappa shape index (κ1) is 18.1. The van der Waals surface area contributed by atoms with Crippen molar-refractivity contribution in [3.63, 3.8) is 0 Å². The van der Waals surface area contributed by atoms with Crippen LogP contribution >= 0.6 is 0 Å². The first-order chi connectivity index (χ1) is 12.3. The lowest BCUT2D eigenvalue weighted by molar-refractivity contribution is 0.0740. The summed E-state index contributed by atoms with van der Waals surface area (Å²) in [5, 5.41) is 21.4. The fourth-order valence-electron chi connectivity index (χ4n) is 2.92. The second kappa shape index (κ2) is 7.25. The van der Waals surface area contributed by atoms with Crippen LogP contribution in [0.4, 0.5) is 17.3 Å². The van der Waals surface area contributed by atoms with Crippen LogP contribution in [-0.4, -0.2) is 39.3 Å². The number of nitrogens with zero attached hydrogens (tertiary/aromatic N) is 4. The Bertz CT molecular complexity index is 797. The van der Waals surface area contributed by atoms with Gasteiger partial charge in [-0.25, -0.2) is 4.98 Å². The number of nitrogens with one attached hydrogen (secondary N) is 1. The second-order valence-electron chi connectivity index (χ2n) is 6.97. The Morgan fingerprint density at radius 2 is 1.96 bits per heavy atom. The molecule has 1 saturated heterocycles. The van der Waals surface area contributed by atoms with E-state index in [2.05, 4.69) is 25.4 Å². The Morgan fingerprint density at radius 1 is 1.23 bits per heavy atom. The summed E-state index contributed by atoms with van der Waals surface area (Å²) in [6.07, 6.45) is 3.43. The average Bonchev–Trinajstić information content (AvgIpc) is 2.62. The molecule has 0 radical (unpaired) electrons. The lowest BCUT2D eigenvalue weighted by Crippen LogP contribution is -2.31. The van der Waals surface area contributed by atoms with E-state index in [1.54, 1.807) is 38.1 Å². The smallest absolute Gasteiger partial charge is 0.271 e. The highest BCUT2D eigenvalue weighted by atomic mass is 16.3. The summed E-state index contributed by atoms with van der Waals surface area (Å²) >= 11 is 0. The van der Waals surface area contributed by atoms with Crippen LogP contribution in [0.1, 0.15) is 49.3 Å². The van der Waals surface area contributed by atoms with Crippen LogP contribution in [-0.2, 0) is 5.60 Å². The molecule has 138 valence electrons. The number of hydrogen-bond acceptors (Lipinski definition) is 7. The first-order valence-corrected chi connectivity index (χ1v) is 8.74. The van der Waals surface area contributed by atoms with Gasteiger partial charge in [0.15, 0.2) is 11.5 Å². The largest absolute Gasteiger partial charge is 0.384 e. The normalized spacial score (nSPS) is 15.0. The zero-order chi connectivity index (χ0) is 18.7. The fourth-order valence-corrected chi connectivity index (χ4v) is 2.92. The summed E-state index contributed by atoms with van der Waals surface area (Å²) in [4.78, 5) is 18.3. The molecule has 0 unspecified atom stereocenters. The highest BCUT2D eigenvalue weighted by Crippen LogP contribution is 2.26. The summed E-state index contributed by atoms with van der Waals surface area (Å²) in [5.41, 5.74) is 5.39. The van der Waals surface area contributed by atoms with Gasteiger partial charge >= 0.3 is 0 Å². The third kappa shape index (κ3) is 4.08. The number of aromatic nitrogens is 3. The van der Waals surface area contributed by atoms with Gasteiger partial charge in [-0.15, -0.1) is 10.2 Å². The molecule has 8 heteroatoms. The number of piperidine rings is 1. The van der Waals surface area contributed by atoms with Crippen molar-refractivity contribution in [2.45, 2.75) is 38.7 Å². The van der Waals surface area contributed by atoms with Crippen LogP contribution in [0.5, 0.6) is 0 Å². The van der Waals surface area contributed by atoms with E-state index in [1.165, 1.54) is 6.42 Å². The van der Waals surface area contributed by atoms with Gasteiger partial charge in [0.1, 0.15) is 11.4 Å². The summed E-state index contributed by atoms with van der Waals surface area (Å²) in [5.74, 6) is 0.532. The Morgan fingerprint density at radius 3 is 2.62 bits per heavy atom. The van der Waals surface area contributed by atoms with Gasteiger partial charge in [-0.05, 0) is 45.2 Å². The van der Waals surface area contributed by atoms with Crippen LogP contribution in [0.25, 0.3) is 0 Å². The van der Waals surface area contributed by atoms with Crippen LogP contribution in [0, 0.1) is 0 Å². The van der Waals surface area contributed by atoms with Crippen molar-refractivity contribution in [1.82, 2.24) is 15.2 Å². The van der Waals surface area contributed by atoms with Crippen molar-refractivity contribution in [3.05, 3.63) is 35.7 Å². The van der Waals surface area contributed by atoms with E-state index in [0.29, 0.717) is 23.0 Å². The predicted molar refractivity (Wildman–Crippen MR) is 99.4 cm³/mol. The van der Waals surface area contributed by atoms with Gasteiger partial charge in [0.25, 0.3) is 5.91 Å². The molecule has 3 heterocycles. The number of aliphatic hydroxyl groups is 1. The topological polar surface area (TPSA) is 117 Å². The molecular weight excluding hydrogens is 332 g/mol. The predicted octanol–water partition coefficient (Wildman–Crippen LogP) is 1.93. The van der Waals surface area contributed by atoms with Crippen LogP contribution < -0.4 is 16.0 Å². The molecule has 0 aromatic carbocycles. The van der Waals surface area contributed by atoms with E-state index in [4.69, 9.17) is 5.73 Å². The Hall–Kier alpha value is -2.74. The maximum Gasteiger partial charge on any atom is 0.271 e. The van der Waals surface area contributed by atoms with E-state index in [9.17, 15) is 9.90 Å². The highest BCUT2D eigenvalue weighted by molar-refractivity contribution is 5.97. The van der Waals surface area contributed by atoms with E-state index in [0.717, 1.165) is 25.9 Å². The fraction of sp³-hybridized carbons (Fsp3) is 0.444. The molecule has 0 aliphatic carbocycles. The third-order valence-electron chi connectivity index (χ3n) is 4.33. The average molecular weight is 356 g/mol. The number of anilines is 3. The van der Waals surface area contributed by atoms with E-state index in [-0.39, 0.29) is 5.69 Å². The lowest BCUT2D eigenvalue weighted by atomic mass is 10.1. The number of hydrogen-bond donors (Lipinski definition) is 3. The van der Waals surface area contributed by atoms with Crippen molar-refractivity contribution in [2.75, 3.05) is 23.3 Å². The van der Waals surface area contributed by atoms with E-state index >= 15 is 0 Å². The molecule has 8 nitrogen and oxygen atoms in total. The Kier molecular flexibility index (Phi) is 5.03. The summed E-state index contributed by atoms with van der Waals surface area (Å²) in [6, 6.07) is 7.05. The molecule has 3 rings (SSSR count). The maximum atomic E-state index is 11.7. The van der Waals surface area contributed by atoms with Crippen molar-refractivity contribution in [2.24, 2.45) is 5.73 Å². The maximum absolute atomic E-state index is 11.7. The van der Waals surface area contributed by atoms with Gasteiger partial charge in [-0.1, -0.05) is 6.07 Å². The molecule has 1 amide bonds. The molecule has 26 heavy (non-hydrogen) atoms. The Balaban J connectivity index is 1.93. The standard InChI is InChI=1S/C18H24N6O2/c1-18(2,26)13-7-6-8-14(21-13)20-12-11-15(22-23-16(12)17(19)25)24-9-4-3-5-10-24/h6-8,11,26H,3-5,9-10H2,1-2H3,(H2,19,25)(H,20,21,22). The minimum absolute atomic E-state index is 0.0567. The molecule has 0 atom stereocenters. The molecular formula is C18H24N6O2. The zero-order valence-electron chi connectivity index (χ0n) is 15.1. The summed E-state index contributed by atoms with van der Waals surface area (Å²) in [7, 11) is 0. The molecule has 0 saturated carbocycles. The minimum atomic E-state index is -1.07. The van der Waals surface area contributed by atoms with Gasteiger partial charge in [0.05, 0.1) is 11.4 Å². The molecule has 2 aromatic heterocycles. The number of carbonyl (C=O) groups excluding carboxylic acids is 1. The minimum Gasteiger partial charge on any atom is -0.384 e. The monoisotopic (exact) mass is 356 g/mol. The van der Waals surface area contributed by atoms with Gasteiger partial charge < -0.3 is 21.1 Å². The van der Waals surface area contributed by atoms with Crippen LogP contribution in [0.3, 0.4) is 0 Å². The van der Waals surface area contributed by atoms with Gasteiger partial charge in [-0.3, -0.25) is 4.79 Å². The number of nitrogens with two attached hydrogens (primary N) is 1. The van der Waals surface area contributed by atoms with Crippen molar-refractivity contribution < 1.29 is 9.90 Å². The van der Waals surface area contributed by atoms with Gasteiger partial charge in [0, 0.05) is 19.2 Å². The molecule has 4 N–H and O–H groups in total. The SMILES string of the molecule is CC(C)(O)c1cccc(Nc2cc(N3CCCCC3)nnc2C(N)=O)n1. The van der Waals surface area contributed by atoms with E-state index in [1.807, 2.05) is 0 Å². The summed E-state index contributed by atoms with van der Waals surface area (Å²) in [6.45, 7) is 5.15. The third-order valence-corrected chi connectivity index (χ3v) is 4.33. The molecule has 0 spiro atoms. The number of amides is 1. The van der Waals surface area contributed by atoms with Crippen molar-refractivity contribution in [1.29, 1.82) is 0 Å². The number of carbonyl (C=O) groups is 1. The van der Waals surface area contributed by atoms with Crippen molar-refractivity contribution in [3.8, 4) is 0 Å². The van der Waals surface area contributed by atoms with Gasteiger partial charge in [-0.2, -0.15) is 0 Å². The van der Waals surface area contributed by atoms with Crippen LogP contribution in [0.15, 0.2) is 24.3 Å². The van der Waals surface area contributed by atoms with Crippen LogP contribution in [0.2, 0.25) is 0 Å². The van der Waals surface area contributed by atoms with Crippen molar-refractivity contribution >= 4 is 23.2 Å². The van der Waals surface area contributed by atoms with E-state index < -0.39 is 11.5 Å².